The number of hydrogen-bond acceptors (Lipinski definition) is 3. The van der Waals surface area contributed by atoms with E-state index in [9.17, 15) is 4.79 Å². The lowest BCUT2D eigenvalue weighted by atomic mass is 9.90. The minimum Gasteiger partial charge on any atom is -0.497 e. The van der Waals surface area contributed by atoms with Crippen molar-refractivity contribution in [2.45, 2.75) is 31.8 Å². The highest BCUT2D eigenvalue weighted by Crippen LogP contribution is 2.33. The van der Waals surface area contributed by atoms with Crippen molar-refractivity contribution in [3.63, 3.8) is 0 Å². The third kappa shape index (κ3) is 3.89. The summed E-state index contributed by atoms with van der Waals surface area (Å²) in [6.07, 6.45) is 0.410. The molecule has 2 aromatic rings. The second kappa shape index (κ2) is 7.69. The molecule has 128 valence electrons. The number of methoxy groups -OCH3 is 1. The third-order valence-electron chi connectivity index (χ3n) is 4.33. The second-order valence-corrected chi connectivity index (χ2v) is 6.43. The number of nitrogens with zero attached hydrogens (tertiary/aromatic N) is 1. The Morgan fingerprint density at radius 1 is 1.21 bits per heavy atom. The van der Waals surface area contributed by atoms with Gasteiger partial charge in [-0.3, -0.25) is 4.79 Å². The monoisotopic (exact) mass is 346 g/mol. The molecule has 1 amide bonds. The molecule has 5 heteroatoms. The largest absolute Gasteiger partial charge is 0.497 e. The molecule has 2 rings (SSSR count). The fourth-order valence-corrected chi connectivity index (χ4v) is 2.95. The van der Waals surface area contributed by atoms with E-state index >= 15 is 0 Å². The van der Waals surface area contributed by atoms with Crippen molar-refractivity contribution in [1.82, 2.24) is 4.42 Å². The van der Waals surface area contributed by atoms with Gasteiger partial charge in [-0.25, -0.2) is 0 Å². The molecule has 0 aliphatic rings. The molecule has 0 saturated carbocycles. The summed E-state index contributed by atoms with van der Waals surface area (Å²) in [6.45, 7) is 3.73. The molecule has 0 unspecified atom stereocenters. The van der Waals surface area contributed by atoms with Crippen molar-refractivity contribution >= 4 is 17.7 Å². The smallest absolute Gasteiger partial charge is 0.239 e. The zero-order valence-electron chi connectivity index (χ0n) is 14.2. The summed E-state index contributed by atoms with van der Waals surface area (Å²) in [7, 11) is 1.62. The van der Waals surface area contributed by atoms with Crippen LogP contribution in [0, 0.1) is 0 Å². The molecular formula is C19H23ClN2O2. The molecule has 0 aromatic heterocycles. The van der Waals surface area contributed by atoms with E-state index in [2.05, 4.69) is 0 Å². The third-order valence-corrected chi connectivity index (χ3v) is 5.00. The molecule has 0 bridgehead atoms. The van der Waals surface area contributed by atoms with Gasteiger partial charge in [-0.1, -0.05) is 42.5 Å². The van der Waals surface area contributed by atoms with E-state index in [4.69, 9.17) is 22.2 Å². The quantitative estimate of drug-likeness (QED) is 0.778. The second-order valence-electron chi connectivity index (χ2n) is 6.06. The highest BCUT2D eigenvalue weighted by Gasteiger charge is 2.40. The minimum absolute atomic E-state index is 0.163. The lowest BCUT2D eigenvalue weighted by Gasteiger charge is -2.37. The molecule has 0 radical (unpaired) electrons. The average Bonchev–Trinajstić information content (AvgIpc) is 2.61. The molecule has 2 atom stereocenters. The summed E-state index contributed by atoms with van der Waals surface area (Å²) in [5.74, 6) is 0.302. The molecule has 0 spiro atoms. The molecule has 0 aliphatic heterocycles. The predicted octanol–water partition coefficient (Wildman–Crippen LogP) is 3.70. The molecule has 4 nitrogen and oxygen atoms in total. The maximum absolute atomic E-state index is 12.2. The van der Waals surface area contributed by atoms with Crippen molar-refractivity contribution in [3.05, 3.63) is 65.7 Å². The normalized spacial score (nSPS) is 14.9. The number of carbonyl (C=O) groups excluding carboxylic acids is 1. The van der Waals surface area contributed by atoms with E-state index in [0.717, 1.165) is 16.9 Å². The van der Waals surface area contributed by atoms with Gasteiger partial charge in [0.1, 0.15) is 11.3 Å². The Morgan fingerprint density at radius 3 is 2.29 bits per heavy atom. The SMILES string of the molecule is COc1ccc(C[C@@](C)(C(N)=O)N(Cl)[C@@H](C)c2ccccc2)cc1. The molecule has 0 fully saturated rings. The fraction of sp³-hybridized carbons (Fsp3) is 0.316. The first-order valence-corrected chi connectivity index (χ1v) is 8.15. The van der Waals surface area contributed by atoms with Crippen LogP contribution < -0.4 is 10.5 Å². The number of halogens is 1. The van der Waals surface area contributed by atoms with Crippen LogP contribution in [0.15, 0.2) is 54.6 Å². The van der Waals surface area contributed by atoms with E-state index < -0.39 is 11.4 Å². The van der Waals surface area contributed by atoms with Gasteiger partial charge in [-0.2, -0.15) is 4.42 Å². The van der Waals surface area contributed by atoms with Crippen LogP contribution in [0.1, 0.15) is 31.0 Å². The minimum atomic E-state index is -1.02. The average molecular weight is 347 g/mol. The Morgan fingerprint density at radius 2 is 1.79 bits per heavy atom. The van der Waals surface area contributed by atoms with Crippen molar-refractivity contribution in [3.8, 4) is 5.75 Å². The molecule has 24 heavy (non-hydrogen) atoms. The van der Waals surface area contributed by atoms with Crippen LogP contribution in [-0.2, 0) is 11.2 Å². The first-order valence-electron chi connectivity index (χ1n) is 7.81. The van der Waals surface area contributed by atoms with E-state index in [0.29, 0.717) is 6.42 Å². The van der Waals surface area contributed by atoms with E-state index in [1.165, 1.54) is 4.42 Å². The van der Waals surface area contributed by atoms with Crippen LogP contribution in [-0.4, -0.2) is 23.0 Å². The summed E-state index contributed by atoms with van der Waals surface area (Å²) in [5, 5.41) is 0. The Balaban J connectivity index is 2.26. The summed E-state index contributed by atoms with van der Waals surface area (Å²) in [6, 6.07) is 17.2. The van der Waals surface area contributed by atoms with Crippen molar-refractivity contribution in [1.29, 1.82) is 0 Å². The topological polar surface area (TPSA) is 55.6 Å². The van der Waals surface area contributed by atoms with Crippen LogP contribution in [0.4, 0.5) is 0 Å². The summed E-state index contributed by atoms with van der Waals surface area (Å²) in [4.78, 5) is 12.2. The standard InChI is InChI=1S/C19H23ClN2O2/c1-14(16-7-5-4-6-8-16)22(20)19(2,18(21)23)13-15-9-11-17(24-3)12-10-15/h4-12,14H,13H2,1-3H3,(H2,21,23)/t14-,19-/m0/s1. The van der Waals surface area contributed by atoms with E-state index in [1.54, 1.807) is 14.0 Å². The van der Waals surface area contributed by atoms with Gasteiger partial charge in [-0.15, -0.1) is 0 Å². The van der Waals surface area contributed by atoms with Gasteiger partial charge >= 0.3 is 0 Å². The summed E-state index contributed by atoms with van der Waals surface area (Å²) >= 11 is 6.58. The molecular weight excluding hydrogens is 324 g/mol. The van der Waals surface area contributed by atoms with Gasteiger partial charge in [0.05, 0.1) is 7.11 Å². The molecule has 0 heterocycles. The van der Waals surface area contributed by atoms with Gasteiger partial charge in [-0.05, 0) is 48.9 Å². The lowest BCUT2D eigenvalue weighted by Crippen LogP contribution is -2.53. The number of carbonyl (C=O) groups is 1. The Labute approximate surface area is 148 Å². The zero-order chi connectivity index (χ0) is 17.7. The Kier molecular flexibility index (Phi) is 5.86. The number of primary amides is 1. The predicted molar refractivity (Wildman–Crippen MR) is 96.8 cm³/mol. The van der Waals surface area contributed by atoms with Crippen LogP contribution in [0.2, 0.25) is 0 Å². The van der Waals surface area contributed by atoms with Gasteiger partial charge in [0, 0.05) is 12.5 Å². The van der Waals surface area contributed by atoms with Gasteiger partial charge in [0.25, 0.3) is 0 Å². The summed E-state index contributed by atoms with van der Waals surface area (Å²) in [5.41, 5.74) is 6.66. The Hall–Kier alpha value is -2.04. The molecule has 0 saturated heterocycles. The van der Waals surface area contributed by atoms with Crippen LogP contribution in [0.3, 0.4) is 0 Å². The van der Waals surface area contributed by atoms with Crippen LogP contribution >= 0.6 is 11.8 Å². The highest BCUT2D eigenvalue weighted by atomic mass is 35.5. The van der Waals surface area contributed by atoms with E-state index in [1.807, 2.05) is 61.5 Å². The van der Waals surface area contributed by atoms with Gasteiger partial charge in [0.15, 0.2) is 0 Å². The number of ether oxygens (including phenoxy) is 1. The number of benzene rings is 2. The van der Waals surface area contributed by atoms with Crippen molar-refractivity contribution in [2.75, 3.05) is 7.11 Å². The van der Waals surface area contributed by atoms with E-state index in [-0.39, 0.29) is 6.04 Å². The number of hydrogen-bond donors (Lipinski definition) is 1. The highest BCUT2D eigenvalue weighted by molar-refractivity contribution is 6.16. The van der Waals surface area contributed by atoms with Crippen molar-refractivity contribution in [2.24, 2.45) is 5.73 Å². The molecule has 2 N–H and O–H groups in total. The number of amides is 1. The fourth-order valence-electron chi connectivity index (χ4n) is 2.70. The Bertz CT molecular complexity index is 676. The van der Waals surface area contributed by atoms with Crippen LogP contribution in [0.25, 0.3) is 0 Å². The van der Waals surface area contributed by atoms with Crippen LogP contribution in [0.5, 0.6) is 5.75 Å². The number of rotatable bonds is 7. The zero-order valence-corrected chi connectivity index (χ0v) is 15.0. The first kappa shape index (κ1) is 18.3. The van der Waals surface area contributed by atoms with Gasteiger partial charge < -0.3 is 10.5 Å². The lowest BCUT2D eigenvalue weighted by molar-refractivity contribution is -0.127. The molecule has 0 aliphatic carbocycles. The number of nitrogens with two attached hydrogens (primary N) is 1. The first-order chi connectivity index (χ1) is 11.4. The molecule has 2 aromatic carbocycles. The maximum atomic E-state index is 12.2. The summed E-state index contributed by atoms with van der Waals surface area (Å²) < 4.78 is 6.68. The maximum Gasteiger partial charge on any atom is 0.239 e. The van der Waals surface area contributed by atoms with Crippen molar-refractivity contribution < 1.29 is 9.53 Å². The van der Waals surface area contributed by atoms with Gasteiger partial charge in [0.2, 0.25) is 5.91 Å².